The first-order valence-corrected chi connectivity index (χ1v) is 8.31. The van der Waals surface area contributed by atoms with Crippen molar-refractivity contribution in [2.45, 2.75) is 64.1 Å². The van der Waals surface area contributed by atoms with Gasteiger partial charge < -0.3 is 14.8 Å². The van der Waals surface area contributed by atoms with Crippen molar-refractivity contribution in [3.05, 3.63) is 23.8 Å². The molecule has 1 N–H and O–H groups in total. The third-order valence-corrected chi connectivity index (χ3v) is 4.58. The van der Waals surface area contributed by atoms with Crippen molar-refractivity contribution in [3.63, 3.8) is 0 Å². The van der Waals surface area contributed by atoms with Gasteiger partial charge in [0.1, 0.15) is 0 Å². The van der Waals surface area contributed by atoms with Crippen LogP contribution in [0.5, 0.6) is 11.5 Å². The van der Waals surface area contributed by atoms with Gasteiger partial charge in [0, 0.05) is 12.6 Å². The SMILES string of the molecule is COc1ccc(CNC2CC2)cc1OC1CCCC(C)C1. The molecule has 0 aliphatic heterocycles. The highest BCUT2D eigenvalue weighted by molar-refractivity contribution is 5.43. The molecule has 0 heterocycles. The van der Waals surface area contributed by atoms with Crippen LogP contribution in [0.3, 0.4) is 0 Å². The summed E-state index contributed by atoms with van der Waals surface area (Å²) in [6.45, 7) is 3.24. The molecular weight excluding hydrogens is 262 g/mol. The largest absolute Gasteiger partial charge is 0.493 e. The fraction of sp³-hybridized carbons (Fsp3) is 0.667. The van der Waals surface area contributed by atoms with Crippen LogP contribution >= 0.6 is 0 Å². The van der Waals surface area contributed by atoms with Crippen LogP contribution in [0.1, 0.15) is 51.0 Å². The lowest BCUT2D eigenvalue weighted by Crippen LogP contribution is -2.24. The van der Waals surface area contributed by atoms with E-state index in [1.807, 2.05) is 6.07 Å². The second-order valence-electron chi connectivity index (χ2n) is 6.65. The molecule has 3 rings (SSSR count). The molecule has 1 aromatic rings. The number of benzene rings is 1. The van der Waals surface area contributed by atoms with E-state index in [9.17, 15) is 0 Å². The summed E-state index contributed by atoms with van der Waals surface area (Å²) in [5.41, 5.74) is 1.28. The van der Waals surface area contributed by atoms with E-state index in [-0.39, 0.29) is 0 Å². The average molecular weight is 289 g/mol. The zero-order chi connectivity index (χ0) is 14.7. The lowest BCUT2D eigenvalue weighted by atomic mass is 9.89. The van der Waals surface area contributed by atoms with Crippen LogP contribution < -0.4 is 14.8 Å². The van der Waals surface area contributed by atoms with Gasteiger partial charge in [-0.15, -0.1) is 0 Å². The van der Waals surface area contributed by atoms with Gasteiger partial charge in [-0.25, -0.2) is 0 Å². The fourth-order valence-electron chi connectivity index (χ4n) is 3.14. The summed E-state index contributed by atoms with van der Waals surface area (Å²) >= 11 is 0. The summed E-state index contributed by atoms with van der Waals surface area (Å²) in [7, 11) is 1.72. The number of nitrogens with one attached hydrogen (secondary N) is 1. The van der Waals surface area contributed by atoms with Crippen LogP contribution in [0.15, 0.2) is 18.2 Å². The first-order chi connectivity index (χ1) is 10.2. The van der Waals surface area contributed by atoms with Crippen molar-refractivity contribution in [1.82, 2.24) is 5.32 Å². The molecule has 1 aromatic carbocycles. The summed E-state index contributed by atoms with van der Waals surface area (Å²) in [5.74, 6) is 2.53. The van der Waals surface area contributed by atoms with Crippen molar-refractivity contribution < 1.29 is 9.47 Å². The van der Waals surface area contributed by atoms with Gasteiger partial charge >= 0.3 is 0 Å². The highest BCUT2D eigenvalue weighted by Crippen LogP contribution is 2.33. The van der Waals surface area contributed by atoms with Gasteiger partial charge in [-0.3, -0.25) is 0 Å². The Bertz CT molecular complexity index is 470. The molecule has 116 valence electrons. The Morgan fingerprint density at radius 1 is 1.14 bits per heavy atom. The van der Waals surface area contributed by atoms with Gasteiger partial charge in [0.15, 0.2) is 11.5 Å². The van der Waals surface area contributed by atoms with Crippen LogP contribution in [0, 0.1) is 5.92 Å². The molecule has 0 aromatic heterocycles. The van der Waals surface area contributed by atoms with Gasteiger partial charge in [-0.1, -0.05) is 19.4 Å². The Hall–Kier alpha value is -1.22. The van der Waals surface area contributed by atoms with Gasteiger partial charge in [-0.2, -0.15) is 0 Å². The smallest absolute Gasteiger partial charge is 0.161 e. The molecule has 0 amide bonds. The third kappa shape index (κ3) is 4.13. The van der Waals surface area contributed by atoms with Gasteiger partial charge in [0.05, 0.1) is 13.2 Å². The molecule has 2 unspecified atom stereocenters. The van der Waals surface area contributed by atoms with Crippen molar-refractivity contribution in [1.29, 1.82) is 0 Å². The van der Waals surface area contributed by atoms with E-state index in [0.29, 0.717) is 6.10 Å². The first-order valence-electron chi connectivity index (χ1n) is 8.31. The number of hydrogen-bond acceptors (Lipinski definition) is 3. The molecule has 2 aliphatic carbocycles. The molecular formula is C18H27NO2. The minimum absolute atomic E-state index is 0.342. The predicted molar refractivity (Wildman–Crippen MR) is 84.9 cm³/mol. The molecule has 2 fully saturated rings. The molecule has 0 radical (unpaired) electrons. The van der Waals surface area contributed by atoms with E-state index in [1.54, 1.807) is 7.11 Å². The predicted octanol–water partition coefficient (Wildman–Crippen LogP) is 3.90. The summed E-state index contributed by atoms with van der Waals surface area (Å²) in [6.07, 6.45) is 7.92. The number of rotatable bonds is 6. The van der Waals surface area contributed by atoms with Gasteiger partial charge in [0.2, 0.25) is 0 Å². The molecule has 2 saturated carbocycles. The van der Waals surface area contributed by atoms with Gasteiger partial charge in [-0.05, 0) is 55.7 Å². The molecule has 3 nitrogen and oxygen atoms in total. The molecule has 2 atom stereocenters. The summed E-state index contributed by atoms with van der Waals surface area (Å²) in [6, 6.07) is 7.04. The molecule has 0 bridgehead atoms. The van der Waals surface area contributed by atoms with E-state index in [0.717, 1.165) is 42.8 Å². The average Bonchev–Trinajstić information content (AvgIpc) is 3.30. The maximum atomic E-state index is 6.26. The van der Waals surface area contributed by atoms with E-state index in [2.05, 4.69) is 24.4 Å². The monoisotopic (exact) mass is 289 g/mol. The first kappa shape index (κ1) is 14.7. The van der Waals surface area contributed by atoms with Crippen LogP contribution in [0.25, 0.3) is 0 Å². The molecule has 0 saturated heterocycles. The maximum absolute atomic E-state index is 6.26. The highest BCUT2D eigenvalue weighted by Gasteiger charge is 2.22. The number of hydrogen-bond donors (Lipinski definition) is 1. The number of ether oxygens (including phenoxy) is 2. The lowest BCUT2D eigenvalue weighted by molar-refractivity contribution is 0.125. The third-order valence-electron chi connectivity index (χ3n) is 4.58. The number of methoxy groups -OCH3 is 1. The summed E-state index contributed by atoms with van der Waals surface area (Å²) in [5, 5.41) is 3.55. The minimum atomic E-state index is 0.342. The van der Waals surface area contributed by atoms with Crippen LogP contribution in [0.4, 0.5) is 0 Å². The Kier molecular flexibility index (Phi) is 4.69. The minimum Gasteiger partial charge on any atom is -0.493 e. The molecule has 2 aliphatic rings. The van der Waals surface area contributed by atoms with Gasteiger partial charge in [0.25, 0.3) is 0 Å². The fourth-order valence-corrected chi connectivity index (χ4v) is 3.14. The molecule has 3 heteroatoms. The quantitative estimate of drug-likeness (QED) is 0.861. The second-order valence-corrected chi connectivity index (χ2v) is 6.65. The van der Waals surface area contributed by atoms with Crippen molar-refractivity contribution in [3.8, 4) is 11.5 Å². The van der Waals surface area contributed by atoms with Crippen LogP contribution in [-0.4, -0.2) is 19.3 Å². The van der Waals surface area contributed by atoms with E-state index in [4.69, 9.17) is 9.47 Å². The Balaban J connectivity index is 1.66. The summed E-state index contributed by atoms with van der Waals surface area (Å²) < 4.78 is 11.7. The standard InChI is InChI=1S/C18H27NO2/c1-13-4-3-5-16(10-13)21-18-11-14(6-9-17(18)20-2)12-19-15-7-8-15/h6,9,11,13,15-16,19H,3-5,7-8,10,12H2,1-2H3. The Morgan fingerprint density at radius 3 is 2.71 bits per heavy atom. The zero-order valence-electron chi connectivity index (χ0n) is 13.2. The maximum Gasteiger partial charge on any atom is 0.161 e. The van der Waals surface area contributed by atoms with E-state index >= 15 is 0 Å². The van der Waals surface area contributed by atoms with Crippen molar-refractivity contribution >= 4 is 0 Å². The zero-order valence-corrected chi connectivity index (χ0v) is 13.2. The normalized spacial score (nSPS) is 25.6. The van der Waals surface area contributed by atoms with E-state index < -0.39 is 0 Å². The lowest BCUT2D eigenvalue weighted by Gasteiger charge is -2.28. The summed E-state index contributed by atoms with van der Waals surface area (Å²) in [4.78, 5) is 0. The highest BCUT2D eigenvalue weighted by atomic mass is 16.5. The Morgan fingerprint density at radius 2 is 2.00 bits per heavy atom. The van der Waals surface area contributed by atoms with E-state index in [1.165, 1.54) is 31.2 Å². The topological polar surface area (TPSA) is 30.5 Å². The Labute approximate surface area is 128 Å². The second kappa shape index (κ2) is 6.69. The van der Waals surface area contributed by atoms with Crippen molar-refractivity contribution in [2.75, 3.05) is 7.11 Å². The van der Waals surface area contributed by atoms with Crippen LogP contribution in [-0.2, 0) is 6.54 Å². The van der Waals surface area contributed by atoms with Crippen molar-refractivity contribution in [2.24, 2.45) is 5.92 Å². The molecule has 0 spiro atoms. The van der Waals surface area contributed by atoms with Crippen LogP contribution in [0.2, 0.25) is 0 Å². The molecule has 21 heavy (non-hydrogen) atoms.